The van der Waals surface area contributed by atoms with Crippen molar-refractivity contribution in [3.05, 3.63) is 40.7 Å². The summed E-state index contributed by atoms with van der Waals surface area (Å²) in [5.74, 6) is -0.0585. The fourth-order valence-corrected chi connectivity index (χ4v) is 6.26. The number of aromatic nitrogens is 2. The van der Waals surface area contributed by atoms with Gasteiger partial charge in [-0.15, -0.1) is 0 Å². The van der Waals surface area contributed by atoms with Gasteiger partial charge < -0.3 is 43.2 Å². The number of carbonyl (C=O) groups excluding carboxylic acids is 3. The molecule has 1 aromatic carbocycles. The number of nitrogen functional groups attached to an aromatic ring is 2. The number of amides is 3. The van der Waals surface area contributed by atoms with Crippen LogP contribution in [0.1, 0.15) is 107 Å². The third-order valence-electron chi connectivity index (χ3n) is 9.54. The third kappa shape index (κ3) is 20.1. The predicted octanol–water partition coefficient (Wildman–Crippen LogP) is 3.39. The zero-order valence-electron chi connectivity index (χ0n) is 34.6. The Morgan fingerprint density at radius 3 is 1.91 bits per heavy atom. The first kappa shape index (κ1) is 48.9. The Bertz CT molecular complexity index is 1460. The highest BCUT2D eigenvalue weighted by atomic mass is 35.5. The van der Waals surface area contributed by atoms with Crippen LogP contribution >= 0.6 is 11.6 Å². The van der Waals surface area contributed by atoms with Gasteiger partial charge in [-0.1, -0.05) is 76.1 Å². The van der Waals surface area contributed by atoms with Gasteiger partial charge in [-0.2, -0.15) is 0 Å². The van der Waals surface area contributed by atoms with Gasteiger partial charge in [0.1, 0.15) is 12.4 Å². The molecule has 1 aromatic heterocycles. The first-order valence-electron chi connectivity index (χ1n) is 20.6. The number of nitrogens with two attached hydrogens (primary N) is 3. The molecule has 16 nitrogen and oxygen atoms in total. The van der Waals surface area contributed by atoms with E-state index in [0.29, 0.717) is 32.8 Å². The normalized spacial score (nSPS) is 12.6. The van der Waals surface area contributed by atoms with E-state index < -0.39 is 5.91 Å². The van der Waals surface area contributed by atoms with Crippen LogP contribution in [0.3, 0.4) is 0 Å². The number of nitrogens with zero attached hydrogens (tertiary/aromatic N) is 4. The molecule has 1 heterocycles. The Labute approximate surface area is 344 Å². The van der Waals surface area contributed by atoms with E-state index in [1.807, 2.05) is 26.2 Å². The lowest BCUT2D eigenvalue weighted by Gasteiger charge is -2.23. The van der Waals surface area contributed by atoms with Crippen molar-refractivity contribution in [1.29, 1.82) is 0 Å². The molecule has 0 spiro atoms. The van der Waals surface area contributed by atoms with E-state index in [1.54, 1.807) is 0 Å². The summed E-state index contributed by atoms with van der Waals surface area (Å²) in [6.45, 7) is 8.78. The summed E-state index contributed by atoms with van der Waals surface area (Å²) in [7, 11) is 3.68. The fraction of sp³-hybridized carbons (Fsp3) is 0.650. The van der Waals surface area contributed by atoms with E-state index in [4.69, 9.17) is 33.5 Å². The first-order valence-corrected chi connectivity index (χ1v) is 20.9. The predicted molar refractivity (Wildman–Crippen MR) is 230 cm³/mol. The van der Waals surface area contributed by atoms with Gasteiger partial charge >= 0.3 is 0 Å². The minimum absolute atomic E-state index is 0.0519. The Morgan fingerprint density at radius 1 is 0.789 bits per heavy atom. The Hall–Kier alpha value is -4.25. The lowest BCUT2D eigenvalue weighted by Crippen LogP contribution is -2.44. The van der Waals surface area contributed by atoms with Crippen molar-refractivity contribution < 1.29 is 19.1 Å². The molecular weight excluding hydrogens is 748 g/mol. The summed E-state index contributed by atoms with van der Waals surface area (Å²) in [5.41, 5.74) is 18.1. The van der Waals surface area contributed by atoms with Gasteiger partial charge in [-0.05, 0) is 89.8 Å². The molecule has 0 unspecified atom stereocenters. The fourth-order valence-electron chi connectivity index (χ4n) is 6.13. The van der Waals surface area contributed by atoms with E-state index in [9.17, 15) is 14.4 Å². The number of aryl methyl sites for hydroxylation is 1. The maximum absolute atomic E-state index is 12.7. The monoisotopic (exact) mass is 817 g/mol. The highest BCUT2D eigenvalue weighted by Crippen LogP contribution is 2.17. The lowest BCUT2D eigenvalue weighted by molar-refractivity contribution is -0.124. The Kier molecular flexibility index (Phi) is 24.9. The number of benzene rings is 1. The van der Waals surface area contributed by atoms with Crippen molar-refractivity contribution >= 4 is 46.9 Å². The average molecular weight is 818 g/mol. The molecule has 0 fully saturated rings. The molecule has 11 N–H and O–H groups in total. The van der Waals surface area contributed by atoms with Crippen molar-refractivity contribution in [2.24, 2.45) is 10.7 Å². The van der Waals surface area contributed by atoms with Crippen LogP contribution < -0.4 is 48.5 Å². The van der Waals surface area contributed by atoms with Gasteiger partial charge in [0.2, 0.25) is 11.8 Å². The smallest absolute Gasteiger partial charge is 0.280 e. The minimum atomic E-state index is -0.674. The standard InChI is InChI=1S/C40H69ClN12O4/c1-5-7-9-16-31(45-3)37(54)47-23-13-25-53(26-14-24-48-38(55)32(46-4)17-10-8-6-2)27-28-57-30-20-18-29(19-21-30)15-11-12-22-49-40(44)52-39(56)33-35(42)51-36(43)34(41)50-33/h18-21,31-32,45-46H,5-17,22-28H2,1-4H3,(H,47,54)(H,48,55)(H4,42,43,51)(H3,44,49,52,56)/t31-,32-/m0/s1. The number of carbonyl (C=O) groups is 3. The van der Waals surface area contributed by atoms with Gasteiger partial charge in [0.15, 0.2) is 28.4 Å². The molecule has 0 bridgehead atoms. The molecular formula is C40H69ClN12O4. The third-order valence-corrected chi connectivity index (χ3v) is 9.82. The van der Waals surface area contributed by atoms with E-state index in [0.717, 1.165) is 102 Å². The number of nitrogens with one attached hydrogen (secondary N) is 5. The van der Waals surface area contributed by atoms with Gasteiger partial charge in [-0.25, -0.2) is 9.97 Å². The molecule has 2 atom stereocenters. The van der Waals surface area contributed by atoms with Crippen molar-refractivity contribution in [1.82, 2.24) is 41.5 Å². The van der Waals surface area contributed by atoms with Gasteiger partial charge in [-0.3, -0.25) is 29.6 Å². The van der Waals surface area contributed by atoms with Crippen LogP contribution in [0.15, 0.2) is 29.3 Å². The number of halogens is 1. The van der Waals surface area contributed by atoms with Gasteiger partial charge in [0.05, 0.1) is 12.1 Å². The highest BCUT2D eigenvalue weighted by molar-refractivity contribution is 6.31. The molecule has 320 valence electrons. The SMILES string of the molecule is CCCCC[C@H](NC)C(=O)NCCCN(CCCNC(=O)[C@H](CCCCC)NC)CCOc1ccc(CCCCN=C(N)NC(=O)c2nc(Cl)c(N)nc2N)cc1. The van der Waals surface area contributed by atoms with E-state index in [2.05, 4.69) is 72.4 Å². The number of ether oxygens (including phenoxy) is 1. The molecule has 2 rings (SSSR count). The molecule has 17 heteroatoms. The maximum Gasteiger partial charge on any atom is 0.280 e. The second kappa shape index (κ2) is 29.0. The van der Waals surface area contributed by atoms with Gasteiger partial charge in [0.25, 0.3) is 5.91 Å². The second-order valence-electron chi connectivity index (χ2n) is 14.1. The summed E-state index contributed by atoms with van der Waals surface area (Å²) >= 11 is 5.85. The molecule has 0 aliphatic carbocycles. The summed E-state index contributed by atoms with van der Waals surface area (Å²) in [5, 5.41) is 14.8. The molecule has 0 saturated carbocycles. The van der Waals surface area contributed by atoms with Crippen LogP contribution in [0.2, 0.25) is 5.15 Å². The maximum atomic E-state index is 12.7. The topological polar surface area (TPSA) is 240 Å². The number of guanidine groups is 1. The quantitative estimate of drug-likeness (QED) is 0.0322. The summed E-state index contributed by atoms with van der Waals surface area (Å²) in [6, 6.07) is 7.73. The number of aliphatic imine (C=N–C) groups is 1. The van der Waals surface area contributed by atoms with Crippen molar-refractivity contribution in [3.63, 3.8) is 0 Å². The molecule has 57 heavy (non-hydrogen) atoms. The molecule has 2 aromatic rings. The number of anilines is 2. The zero-order chi connectivity index (χ0) is 41.8. The van der Waals surface area contributed by atoms with E-state index >= 15 is 0 Å². The van der Waals surface area contributed by atoms with Crippen molar-refractivity contribution in [2.45, 2.75) is 109 Å². The van der Waals surface area contributed by atoms with Crippen molar-refractivity contribution in [3.8, 4) is 5.75 Å². The lowest BCUT2D eigenvalue weighted by atomic mass is 10.1. The number of rotatable bonds is 30. The van der Waals surface area contributed by atoms with Gasteiger partial charge in [0, 0.05) is 26.2 Å². The summed E-state index contributed by atoms with van der Waals surface area (Å²) in [4.78, 5) is 52.1. The van der Waals surface area contributed by atoms with Crippen LogP contribution in [0, 0.1) is 0 Å². The van der Waals surface area contributed by atoms with Crippen LogP contribution in [0.5, 0.6) is 5.75 Å². The van der Waals surface area contributed by atoms with Crippen LogP contribution in [-0.2, 0) is 16.0 Å². The molecule has 0 aliphatic rings. The van der Waals surface area contributed by atoms with Crippen LogP contribution in [0.4, 0.5) is 11.6 Å². The van der Waals surface area contributed by atoms with E-state index in [1.165, 1.54) is 5.56 Å². The molecule has 3 amide bonds. The Morgan fingerprint density at radius 2 is 1.37 bits per heavy atom. The summed E-state index contributed by atoms with van der Waals surface area (Å²) < 4.78 is 6.13. The number of hydrogen-bond donors (Lipinski definition) is 8. The Balaban J connectivity index is 1.80. The highest BCUT2D eigenvalue weighted by Gasteiger charge is 2.18. The molecule has 0 saturated heterocycles. The number of hydrogen-bond acceptors (Lipinski definition) is 12. The minimum Gasteiger partial charge on any atom is -0.492 e. The number of likely N-dealkylation sites (N-methyl/N-ethyl adjacent to an activating group) is 2. The molecule has 0 aliphatic heterocycles. The molecule has 0 radical (unpaired) electrons. The van der Waals surface area contributed by atoms with E-state index in [-0.39, 0.29) is 52.3 Å². The largest absolute Gasteiger partial charge is 0.492 e. The average Bonchev–Trinajstić information content (AvgIpc) is 3.19. The summed E-state index contributed by atoms with van der Waals surface area (Å²) in [6.07, 6.45) is 12.3. The van der Waals surface area contributed by atoms with Crippen LogP contribution in [-0.4, -0.2) is 111 Å². The van der Waals surface area contributed by atoms with Crippen LogP contribution in [0.25, 0.3) is 0 Å². The number of unbranched alkanes of at least 4 members (excludes halogenated alkanes) is 5. The zero-order valence-corrected chi connectivity index (χ0v) is 35.4. The first-order chi connectivity index (χ1) is 27.5. The second-order valence-corrected chi connectivity index (χ2v) is 14.5. The van der Waals surface area contributed by atoms with Crippen molar-refractivity contribution in [2.75, 3.05) is 71.4 Å².